The van der Waals surface area contributed by atoms with Crippen LogP contribution in [0.5, 0.6) is 0 Å². The summed E-state index contributed by atoms with van der Waals surface area (Å²) in [6.07, 6.45) is 1.71. The number of aliphatic carboxylic acids is 1. The van der Waals surface area contributed by atoms with Gasteiger partial charge in [-0.05, 0) is 34.2 Å². The molecule has 3 N–H and O–H groups in total. The van der Waals surface area contributed by atoms with Gasteiger partial charge in [-0.2, -0.15) is 0 Å². The average Bonchev–Trinajstić information content (AvgIpc) is 3.41. The van der Waals surface area contributed by atoms with Crippen molar-refractivity contribution in [3.8, 4) is 0 Å². The van der Waals surface area contributed by atoms with Crippen LogP contribution in [0.15, 0.2) is 45.8 Å². The molecule has 3 aromatic rings. The maximum absolute atomic E-state index is 13.0. The number of fused-ring (bicyclic) bond motifs is 2. The molecular weight excluding hydrogens is 554 g/mol. The van der Waals surface area contributed by atoms with Gasteiger partial charge in [0, 0.05) is 17.7 Å². The molecule has 0 bridgehead atoms. The number of thioether (sulfide) groups is 2. The van der Waals surface area contributed by atoms with Gasteiger partial charge in [-0.25, -0.2) is 14.8 Å². The molecule has 5 heterocycles. The molecule has 1 unspecified atom stereocenters. The number of tetrazole rings is 1. The fraction of sp³-hybridized carbons (Fsp3) is 0.250. The molecule has 17 nitrogen and oxygen atoms in total. The summed E-state index contributed by atoms with van der Waals surface area (Å²) in [6.45, 7) is 0. The van der Waals surface area contributed by atoms with Crippen molar-refractivity contribution < 1.29 is 29.1 Å². The van der Waals surface area contributed by atoms with Crippen LogP contribution in [0, 0.1) is 0 Å². The third kappa shape index (κ3) is 5.08. The summed E-state index contributed by atoms with van der Waals surface area (Å²) in [5.74, 6) is -2.13. The van der Waals surface area contributed by atoms with Crippen molar-refractivity contribution in [2.75, 3.05) is 23.9 Å². The van der Waals surface area contributed by atoms with Crippen LogP contribution in [0.25, 0.3) is 5.65 Å². The van der Waals surface area contributed by atoms with Crippen LogP contribution in [-0.4, -0.2) is 105 Å². The van der Waals surface area contributed by atoms with Gasteiger partial charge in [0.15, 0.2) is 11.5 Å². The lowest BCUT2D eigenvalue weighted by molar-refractivity contribution is -0.150. The van der Waals surface area contributed by atoms with E-state index in [2.05, 4.69) is 46.4 Å². The number of aromatic nitrogens is 7. The Hall–Kier alpha value is -4.65. The van der Waals surface area contributed by atoms with E-state index in [0.717, 1.165) is 4.90 Å². The number of amides is 3. The van der Waals surface area contributed by atoms with E-state index in [1.165, 1.54) is 47.5 Å². The van der Waals surface area contributed by atoms with Crippen LogP contribution in [0.3, 0.4) is 0 Å². The van der Waals surface area contributed by atoms with Crippen molar-refractivity contribution in [2.45, 2.75) is 16.4 Å². The van der Waals surface area contributed by atoms with Crippen molar-refractivity contribution in [1.82, 2.24) is 45.4 Å². The Kier molecular flexibility index (Phi) is 7.32. The first-order valence-electron chi connectivity index (χ1n) is 10.9. The maximum Gasteiger partial charge on any atom is 0.352 e. The van der Waals surface area contributed by atoms with E-state index in [4.69, 9.17) is 4.84 Å². The average molecular weight is 572 g/mol. The highest BCUT2D eigenvalue weighted by Gasteiger charge is 2.54. The highest BCUT2D eigenvalue weighted by atomic mass is 32.2. The fourth-order valence-electron chi connectivity index (χ4n) is 3.76. The molecule has 0 radical (unpaired) electrons. The topological polar surface area (TPSA) is 219 Å². The van der Waals surface area contributed by atoms with E-state index in [1.807, 2.05) is 0 Å². The van der Waals surface area contributed by atoms with Gasteiger partial charge in [-0.3, -0.25) is 19.3 Å². The number of oxime groups is 1. The molecule has 1 fully saturated rings. The minimum absolute atomic E-state index is 0.120. The molecule has 5 rings (SSSR count). The summed E-state index contributed by atoms with van der Waals surface area (Å²) < 4.78 is 1.26. The standard InChI is InChI=1S/C20H17N11O6S2/c1-37-27-13(16-21-5-4-10(23-16)22-8-32)17(33)24-14-18(34)30-15(20(35)36)9(7-39-19(14)30)6-38-12-3-2-11-25-28-29-31(11)26-12/h2-5,8,14,19H,6-7H2,1H3,(H,24,33)(H,35,36)(H,21,22,23,32)/t14?,19-/m0/s1. The van der Waals surface area contributed by atoms with Gasteiger partial charge >= 0.3 is 5.97 Å². The molecule has 0 aliphatic carbocycles. The second-order valence-corrected chi connectivity index (χ2v) is 9.86. The molecule has 0 aromatic carbocycles. The van der Waals surface area contributed by atoms with Crippen molar-refractivity contribution in [2.24, 2.45) is 5.16 Å². The number of nitrogens with one attached hydrogen (secondary N) is 2. The SMILES string of the molecule is CON=C(C(=O)NC1C(=O)N2C(C(=O)O)=C(CSc3ccc4nnnn4n3)CS[C@@H]12)c1nccc(NC=O)n1. The molecule has 19 heteroatoms. The van der Waals surface area contributed by atoms with Crippen molar-refractivity contribution in [1.29, 1.82) is 0 Å². The van der Waals surface area contributed by atoms with Crippen LogP contribution < -0.4 is 10.6 Å². The number of hydrogen-bond donors (Lipinski definition) is 3. The van der Waals surface area contributed by atoms with E-state index in [1.54, 1.807) is 12.1 Å². The minimum Gasteiger partial charge on any atom is -0.477 e. The Morgan fingerprint density at radius 1 is 1.36 bits per heavy atom. The van der Waals surface area contributed by atoms with E-state index < -0.39 is 29.2 Å². The predicted octanol–water partition coefficient (Wildman–Crippen LogP) is -1.24. The maximum atomic E-state index is 13.0. The second kappa shape index (κ2) is 11.0. The lowest BCUT2D eigenvalue weighted by atomic mass is 10.0. The highest BCUT2D eigenvalue weighted by molar-refractivity contribution is 8.01. The number of carboxylic acids is 1. The number of anilines is 1. The zero-order chi connectivity index (χ0) is 27.5. The number of β-lactam (4-membered cyclic amide) rings is 1. The van der Waals surface area contributed by atoms with E-state index >= 15 is 0 Å². The quantitative estimate of drug-likeness (QED) is 0.0852. The highest BCUT2D eigenvalue weighted by Crippen LogP contribution is 2.41. The summed E-state index contributed by atoms with van der Waals surface area (Å²) >= 11 is 2.59. The van der Waals surface area contributed by atoms with E-state index in [-0.39, 0.29) is 28.8 Å². The lowest BCUT2D eigenvalue weighted by Crippen LogP contribution is -2.71. The Balaban J connectivity index is 1.30. The molecule has 2 aliphatic rings. The first-order chi connectivity index (χ1) is 18.9. The predicted molar refractivity (Wildman–Crippen MR) is 134 cm³/mol. The molecule has 3 amide bonds. The van der Waals surface area contributed by atoms with Gasteiger partial charge in [0.25, 0.3) is 11.8 Å². The molecule has 39 heavy (non-hydrogen) atoms. The van der Waals surface area contributed by atoms with E-state index in [9.17, 15) is 24.3 Å². The molecule has 0 saturated carbocycles. The molecule has 3 aromatic heterocycles. The molecule has 1 saturated heterocycles. The molecule has 2 atom stereocenters. The Morgan fingerprint density at radius 2 is 2.21 bits per heavy atom. The van der Waals surface area contributed by atoms with Crippen molar-refractivity contribution in [3.05, 3.63) is 41.5 Å². The van der Waals surface area contributed by atoms with Crippen molar-refractivity contribution >= 4 is 64.9 Å². The zero-order valence-electron chi connectivity index (χ0n) is 19.8. The second-order valence-electron chi connectivity index (χ2n) is 7.76. The Bertz CT molecular complexity index is 1540. The smallest absolute Gasteiger partial charge is 0.352 e. The van der Waals surface area contributed by atoms with Gasteiger partial charge in [-0.1, -0.05) is 5.16 Å². The van der Waals surface area contributed by atoms with Crippen LogP contribution in [0.2, 0.25) is 0 Å². The van der Waals surface area contributed by atoms with Crippen LogP contribution in [0.4, 0.5) is 5.82 Å². The summed E-state index contributed by atoms with van der Waals surface area (Å²) in [5.41, 5.74) is 0.528. The first kappa shape index (κ1) is 26.0. The number of nitrogens with zero attached hydrogens (tertiary/aromatic N) is 9. The molecule has 200 valence electrons. The number of carbonyl (C=O) groups excluding carboxylic acids is 3. The summed E-state index contributed by atoms with van der Waals surface area (Å²) in [7, 11) is 1.22. The van der Waals surface area contributed by atoms with Gasteiger partial charge in [0.2, 0.25) is 12.1 Å². The monoisotopic (exact) mass is 571 g/mol. The minimum atomic E-state index is -1.26. The fourth-order valence-corrected chi connectivity index (χ4v) is 6.10. The van der Waals surface area contributed by atoms with Gasteiger partial charge in [-0.15, -0.1) is 38.4 Å². The summed E-state index contributed by atoms with van der Waals surface area (Å²) in [5, 5.41) is 33.7. The third-order valence-corrected chi connectivity index (χ3v) is 7.79. The molecule has 0 spiro atoms. The molecular formula is C20H17N11O6S2. The lowest BCUT2D eigenvalue weighted by Gasteiger charge is -2.49. The van der Waals surface area contributed by atoms with Crippen LogP contribution >= 0.6 is 23.5 Å². The first-order valence-corrected chi connectivity index (χ1v) is 13.0. The van der Waals surface area contributed by atoms with Crippen LogP contribution in [0.1, 0.15) is 5.82 Å². The van der Waals surface area contributed by atoms with Gasteiger partial charge in [0.1, 0.15) is 35.1 Å². The number of carbonyl (C=O) groups is 4. The van der Waals surface area contributed by atoms with Crippen LogP contribution in [-0.2, 0) is 24.0 Å². The van der Waals surface area contributed by atoms with E-state index in [0.29, 0.717) is 28.4 Å². The zero-order valence-corrected chi connectivity index (χ0v) is 21.4. The van der Waals surface area contributed by atoms with Gasteiger partial charge in [0.05, 0.1) is 0 Å². The summed E-state index contributed by atoms with van der Waals surface area (Å²) in [4.78, 5) is 62.8. The third-order valence-electron chi connectivity index (χ3n) is 5.45. The van der Waals surface area contributed by atoms with Crippen molar-refractivity contribution in [3.63, 3.8) is 0 Å². The molecule has 2 aliphatic heterocycles. The number of carboxylic acid groups (broad SMARTS) is 1. The van der Waals surface area contributed by atoms with Gasteiger partial charge < -0.3 is 20.6 Å². The Labute approximate surface area is 226 Å². The number of hydrogen-bond acceptors (Lipinski definition) is 14. The Morgan fingerprint density at radius 3 is 2.97 bits per heavy atom. The number of rotatable bonds is 10. The summed E-state index contributed by atoms with van der Waals surface area (Å²) in [6, 6.07) is 3.78. The largest absolute Gasteiger partial charge is 0.477 e. The normalized spacial score (nSPS) is 18.8.